The zero-order valence-electron chi connectivity index (χ0n) is 4.55. The first-order valence-electron chi connectivity index (χ1n) is 2.39. The van der Waals surface area contributed by atoms with E-state index in [9.17, 15) is 0 Å². The van der Waals surface area contributed by atoms with E-state index >= 15 is 0 Å². The minimum atomic E-state index is 0. The Morgan fingerprint density at radius 2 is 2.00 bits per heavy atom. The topological polar surface area (TPSA) is 53.1 Å². The third kappa shape index (κ3) is 1.26. The van der Waals surface area contributed by atoms with Gasteiger partial charge in [-0.05, 0) is 6.42 Å². The zero-order chi connectivity index (χ0) is 5.28. The fourth-order valence-corrected chi connectivity index (χ4v) is 0.557. The molecule has 0 amide bonds. The van der Waals surface area contributed by atoms with E-state index in [0.29, 0.717) is 0 Å². The number of rotatable bonds is 0. The summed E-state index contributed by atoms with van der Waals surface area (Å²) >= 11 is 0. The first-order chi connectivity index (χ1) is 3.30. The van der Waals surface area contributed by atoms with Crippen LogP contribution in [0.25, 0.3) is 0 Å². The third-order valence-electron chi connectivity index (χ3n) is 1.20. The smallest absolute Gasteiger partial charge is 0.188 e. The number of nitrogens with one attached hydrogen (secondary N) is 1. The number of nitrogens with zero attached hydrogens (tertiary/aromatic N) is 1. The summed E-state index contributed by atoms with van der Waals surface area (Å²) in [5.41, 5.74) is 5.11. The molecule has 0 unspecified atom stereocenters. The van der Waals surface area contributed by atoms with Crippen molar-refractivity contribution in [3.8, 4) is 0 Å². The van der Waals surface area contributed by atoms with Crippen molar-refractivity contribution in [1.82, 2.24) is 4.90 Å². The van der Waals surface area contributed by atoms with Gasteiger partial charge in [0, 0.05) is 13.1 Å². The molecule has 48 valence electrons. The van der Waals surface area contributed by atoms with Gasteiger partial charge in [0.15, 0.2) is 5.96 Å². The second kappa shape index (κ2) is 2.77. The van der Waals surface area contributed by atoms with Gasteiger partial charge in [0.05, 0.1) is 0 Å². The van der Waals surface area contributed by atoms with Crippen LogP contribution in [0.2, 0.25) is 0 Å². The summed E-state index contributed by atoms with van der Waals surface area (Å²) in [5.74, 6) is 0.214. The molecule has 0 atom stereocenters. The molecule has 0 saturated carbocycles. The molecule has 0 radical (unpaired) electrons. The molecule has 1 heterocycles. The second-order valence-corrected chi connectivity index (χ2v) is 1.73. The van der Waals surface area contributed by atoms with Gasteiger partial charge < -0.3 is 10.6 Å². The van der Waals surface area contributed by atoms with Crippen molar-refractivity contribution in [2.24, 2.45) is 5.73 Å². The fraction of sp³-hybridized carbons (Fsp3) is 0.750. The van der Waals surface area contributed by atoms with Gasteiger partial charge in [-0.25, -0.2) is 0 Å². The predicted molar refractivity (Wildman–Crippen MR) is 35.4 cm³/mol. The quantitative estimate of drug-likeness (QED) is 0.363. The standard InChI is InChI=1S/C4H9N3.ClH/c5-4(6)7-2-1-3-7;/h1-3H2,(H3,5,6);1H. The number of halogens is 1. The van der Waals surface area contributed by atoms with Crippen LogP contribution in [0.4, 0.5) is 0 Å². The minimum absolute atomic E-state index is 0. The van der Waals surface area contributed by atoms with Gasteiger partial charge >= 0.3 is 0 Å². The van der Waals surface area contributed by atoms with E-state index in [4.69, 9.17) is 11.1 Å². The van der Waals surface area contributed by atoms with Crippen LogP contribution in [0.1, 0.15) is 6.42 Å². The highest BCUT2D eigenvalue weighted by Gasteiger charge is 2.13. The van der Waals surface area contributed by atoms with Crippen molar-refractivity contribution in [1.29, 1.82) is 5.41 Å². The molecule has 1 saturated heterocycles. The van der Waals surface area contributed by atoms with Crippen molar-refractivity contribution in [3.05, 3.63) is 0 Å². The van der Waals surface area contributed by atoms with Crippen LogP contribution in [-0.4, -0.2) is 23.9 Å². The molecule has 0 aliphatic carbocycles. The molecule has 3 nitrogen and oxygen atoms in total. The number of guanidine groups is 1. The lowest BCUT2D eigenvalue weighted by molar-refractivity contribution is 0.295. The summed E-state index contributed by atoms with van der Waals surface area (Å²) in [6.07, 6.45) is 1.19. The molecule has 0 aromatic rings. The Morgan fingerprint density at radius 1 is 1.50 bits per heavy atom. The molecule has 0 aromatic heterocycles. The fourth-order valence-electron chi connectivity index (χ4n) is 0.557. The Kier molecular flexibility index (Phi) is 2.62. The van der Waals surface area contributed by atoms with Crippen molar-refractivity contribution in [2.75, 3.05) is 13.1 Å². The largest absolute Gasteiger partial charge is 0.370 e. The van der Waals surface area contributed by atoms with Gasteiger partial charge in [-0.15, -0.1) is 12.4 Å². The molecule has 0 aromatic carbocycles. The molecular weight excluding hydrogens is 126 g/mol. The normalized spacial score (nSPS) is 16.2. The molecule has 8 heavy (non-hydrogen) atoms. The highest BCUT2D eigenvalue weighted by Crippen LogP contribution is 2.02. The summed E-state index contributed by atoms with van der Waals surface area (Å²) in [4.78, 5) is 1.83. The average Bonchev–Trinajstić information content (AvgIpc) is 1.23. The van der Waals surface area contributed by atoms with Crippen molar-refractivity contribution in [3.63, 3.8) is 0 Å². The maximum Gasteiger partial charge on any atom is 0.188 e. The molecule has 0 bridgehead atoms. The zero-order valence-corrected chi connectivity index (χ0v) is 5.37. The SMILES string of the molecule is Cl.N=C(N)N1CCC1. The number of likely N-dealkylation sites (tertiary alicyclic amines) is 1. The Hall–Kier alpha value is -0.440. The first-order valence-corrected chi connectivity index (χ1v) is 2.39. The highest BCUT2D eigenvalue weighted by molar-refractivity contribution is 5.85. The number of hydrogen-bond acceptors (Lipinski definition) is 1. The summed E-state index contributed by atoms with van der Waals surface area (Å²) < 4.78 is 0. The van der Waals surface area contributed by atoms with E-state index in [-0.39, 0.29) is 18.4 Å². The molecule has 1 fully saturated rings. The van der Waals surface area contributed by atoms with Gasteiger partial charge in [-0.3, -0.25) is 5.41 Å². The average molecular weight is 136 g/mol. The van der Waals surface area contributed by atoms with Crippen molar-refractivity contribution >= 4 is 18.4 Å². The minimum Gasteiger partial charge on any atom is -0.370 e. The lowest BCUT2D eigenvalue weighted by atomic mass is 10.2. The first kappa shape index (κ1) is 7.56. The van der Waals surface area contributed by atoms with Crippen LogP contribution in [-0.2, 0) is 0 Å². The third-order valence-corrected chi connectivity index (χ3v) is 1.20. The lowest BCUT2D eigenvalue weighted by Gasteiger charge is -2.30. The Labute approximate surface area is 54.8 Å². The van der Waals surface area contributed by atoms with Crippen molar-refractivity contribution in [2.45, 2.75) is 6.42 Å². The van der Waals surface area contributed by atoms with Crippen LogP contribution < -0.4 is 5.73 Å². The molecule has 0 spiro atoms. The Balaban J connectivity index is 0.000000490. The van der Waals surface area contributed by atoms with Crippen LogP contribution in [0.5, 0.6) is 0 Å². The number of hydrogen-bond donors (Lipinski definition) is 2. The summed E-state index contributed by atoms with van der Waals surface area (Å²) in [6, 6.07) is 0. The van der Waals surface area contributed by atoms with E-state index < -0.39 is 0 Å². The van der Waals surface area contributed by atoms with Crippen LogP contribution in [0.15, 0.2) is 0 Å². The maximum absolute atomic E-state index is 6.86. The lowest BCUT2D eigenvalue weighted by Crippen LogP contribution is -2.45. The van der Waals surface area contributed by atoms with Crippen LogP contribution in [0, 0.1) is 5.41 Å². The molecule has 4 heteroatoms. The van der Waals surface area contributed by atoms with Gasteiger partial charge in [0.1, 0.15) is 0 Å². The highest BCUT2D eigenvalue weighted by atomic mass is 35.5. The Bertz CT molecular complexity index is 89.3. The van der Waals surface area contributed by atoms with Crippen LogP contribution in [0.3, 0.4) is 0 Å². The predicted octanol–water partition coefficient (Wildman–Crippen LogP) is 0.00737. The molecule has 1 aliphatic rings. The summed E-state index contributed by atoms with van der Waals surface area (Å²) in [7, 11) is 0. The van der Waals surface area contributed by atoms with E-state index in [1.807, 2.05) is 4.90 Å². The van der Waals surface area contributed by atoms with Gasteiger partial charge in [0.25, 0.3) is 0 Å². The summed E-state index contributed by atoms with van der Waals surface area (Å²) in [6.45, 7) is 1.96. The maximum atomic E-state index is 6.86. The molecular formula is C4H10ClN3. The van der Waals surface area contributed by atoms with Crippen molar-refractivity contribution < 1.29 is 0 Å². The van der Waals surface area contributed by atoms with E-state index in [2.05, 4.69) is 0 Å². The van der Waals surface area contributed by atoms with Gasteiger partial charge in [0.2, 0.25) is 0 Å². The molecule has 1 rings (SSSR count). The molecule has 1 aliphatic heterocycles. The monoisotopic (exact) mass is 135 g/mol. The Morgan fingerprint density at radius 3 is 2.00 bits per heavy atom. The second-order valence-electron chi connectivity index (χ2n) is 1.73. The number of nitrogens with two attached hydrogens (primary N) is 1. The van der Waals surface area contributed by atoms with E-state index in [0.717, 1.165) is 13.1 Å². The molecule has 3 N–H and O–H groups in total. The van der Waals surface area contributed by atoms with Crippen LogP contribution >= 0.6 is 12.4 Å². The van der Waals surface area contributed by atoms with Gasteiger partial charge in [-0.1, -0.05) is 0 Å². The summed E-state index contributed by atoms with van der Waals surface area (Å²) in [5, 5.41) is 6.86. The van der Waals surface area contributed by atoms with E-state index in [1.165, 1.54) is 6.42 Å². The van der Waals surface area contributed by atoms with E-state index in [1.54, 1.807) is 0 Å². The van der Waals surface area contributed by atoms with Gasteiger partial charge in [-0.2, -0.15) is 0 Å².